The van der Waals surface area contributed by atoms with Crippen molar-refractivity contribution >= 4 is 21.9 Å². The van der Waals surface area contributed by atoms with Crippen molar-refractivity contribution in [2.24, 2.45) is 5.92 Å². The largest absolute Gasteiger partial charge is 0.394 e. The number of rotatable bonds is 11. The maximum absolute atomic E-state index is 14.3. The van der Waals surface area contributed by atoms with E-state index in [0.717, 1.165) is 12.3 Å². The molecule has 0 saturated heterocycles. The Kier molecular flexibility index (Phi) is 8.63. The Bertz CT molecular complexity index is 989. The van der Waals surface area contributed by atoms with Crippen LogP contribution in [0.2, 0.25) is 0 Å². The van der Waals surface area contributed by atoms with Crippen molar-refractivity contribution in [3.8, 4) is 0 Å². The summed E-state index contributed by atoms with van der Waals surface area (Å²) in [6.45, 7) is 5.66. The second-order valence-electron chi connectivity index (χ2n) is 7.88. The smallest absolute Gasteiger partial charge is 0.241 e. The lowest BCUT2D eigenvalue weighted by Gasteiger charge is -2.20. The minimum atomic E-state index is -3.65. The van der Waals surface area contributed by atoms with Crippen LogP contribution in [-0.4, -0.2) is 47.4 Å². The minimum absolute atomic E-state index is 0.0883. The molecule has 3 N–H and O–H groups in total. The maximum atomic E-state index is 14.3. The van der Waals surface area contributed by atoms with Gasteiger partial charge in [0.05, 0.1) is 18.9 Å². The first-order valence-corrected chi connectivity index (χ1v) is 12.0. The van der Waals surface area contributed by atoms with Crippen LogP contribution in [0.1, 0.15) is 50.9 Å². The predicted molar refractivity (Wildman–Crippen MR) is 115 cm³/mol. The highest BCUT2D eigenvalue weighted by molar-refractivity contribution is 7.91. The quantitative estimate of drug-likeness (QED) is 0.475. The molecule has 0 spiro atoms. The van der Waals surface area contributed by atoms with Gasteiger partial charge in [0.15, 0.2) is 11.6 Å². The molecular weight excluding hydrogens is 428 g/mol. The first-order valence-electron chi connectivity index (χ1n) is 10.1. The zero-order valence-corrected chi connectivity index (χ0v) is 18.9. The van der Waals surface area contributed by atoms with Gasteiger partial charge in [-0.05, 0) is 36.3 Å². The molecule has 31 heavy (non-hydrogen) atoms. The van der Waals surface area contributed by atoms with E-state index in [2.05, 4.69) is 25.0 Å². The zero-order chi connectivity index (χ0) is 23.2. The summed E-state index contributed by atoms with van der Waals surface area (Å²) in [6.07, 6.45) is 2.23. The number of aliphatic hydroxyl groups excluding tert-OH is 1. The van der Waals surface area contributed by atoms with Gasteiger partial charge in [-0.1, -0.05) is 32.9 Å². The molecule has 2 aromatic rings. The summed E-state index contributed by atoms with van der Waals surface area (Å²) < 4.78 is 53.5. The first-order chi connectivity index (χ1) is 14.5. The summed E-state index contributed by atoms with van der Waals surface area (Å²) in [5.41, 5.74) is 0.197. The number of aliphatic hydroxyl groups is 1. The van der Waals surface area contributed by atoms with E-state index in [1.807, 2.05) is 20.8 Å². The van der Waals surface area contributed by atoms with Crippen LogP contribution in [0.15, 0.2) is 18.2 Å². The van der Waals surface area contributed by atoms with E-state index in [-0.39, 0.29) is 42.4 Å². The van der Waals surface area contributed by atoms with E-state index in [1.54, 1.807) is 0 Å². The zero-order valence-electron chi connectivity index (χ0n) is 18.1. The standard InChI is InChI=1S/C20H29F2N5O3S/c1-5-13(15-7-6-8-16(21)18(15)22)10-17-24-19(23-14(11-28)9-12(2)3)26-20(25-17)27-31(4,29)30/h6-8,12-14,28H,5,9-11H2,1-4H3,(H2,23,24,25,26,27)/t13-,14+/m0/s1. The summed E-state index contributed by atoms with van der Waals surface area (Å²) in [4.78, 5) is 12.6. The fraction of sp³-hybridized carbons (Fsp3) is 0.550. The van der Waals surface area contributed by atoms with E-state index in [0.29, 0.717) is 18.8 Å². The molecule has 2 atom stereocenters. The SMILES string of the molecule is CC[C@@H](Cc1nc(N[C@@H](CO)CC(C)C)nc(NS(C)(=O)=O)n1)c1cccc(F)c1F. The Labute approximate surface area is 181 Å². The Morgan fingerprint density at radius 2 is 1.81 bits per heavy atom. The van der Waals surface area contributed by atoms with Crippen LogP contribution in [0.3, 0.4) is 0 Å². The van der Waals surface area contributed by atoms with E-state index in [4.69, 9.17) is 0 Å². The molecule has 8 nitrogen and oxygen atoms in total. The third-order valence-corrected chi connectivity index (χ3v) is 5.16. The number of hydrogen-bond acceptors (Lipinski definition) is 7. The van der Waals surface area contributed by atoms with Gasteiger partial charge in [0.25, 0.3) is 0 Å². The molecule has 0 aliphatic carbocycles. The number of nitrogens with one attached hydrogen (secondary N) is 2. The average molecular weight is 458 g/mol. The monoisotopic (exact) mass is 457 g/mol. The number of aromatic nitrogens is 3. The number of sulfonamides is 1. The van der Waals surface area contributed by atoms with E-state index >= 15 is 0 Å². The van der Waals surface area contributed by atoms with Crippen molar-refractivity contribution in [1.82, 2.24) is 15.0 Å². The van der Waals surface area contributed by atoms with Crippen LogP contribution in [0.5, 0.6) is 0 Å². The van der Waals surface area contributed by atoms with Crippen LogP contribution >= 0.6 is 0 Å². The number of benzene rings is 1. The van der Waals surface area contributed by atoms with Gasteiger partial charge >= 0.3 is 0 Å². The highest BCUT2D eigenvalue weighted by atomic mass is 32.2. The summed E-state index contributed by atoms with van der Waals surface area (Å²) in [6, 6.07) is 3.65. The Hall–Kier alpha value is -2.40. The Balaban J connectivity index is 2.39. The molecule has 2 rings (SSSR count). The van der Waals surface area contributed by atoms with E-state index in [9.17, 15) is 22.3 Å². The first kappa shape index (κ1) is 24.9. The van der Waals surface area contributed by atoms with Gasteiger partial charge in [-0.25, -0.2) is 17.2 Å². The van der Waals surface area contributed by atoms with Crippen LogP contribution < -0.4 is 10.0 Å². The lowest BCUT2D eigenvalue weighted by atomic mass is 9.92. The predicted octanol–water partition coefficient (Wildman–Crippen LogP) is 3.08. The van der Waals surface area contributed by atoms with Gasteiger partial charge in [-0.15, -0.1) is 0 Å². The molecule has 0 fully saturated rings. The number of halogens is 2. The van der Waals surface area contributed by atoms with Crippen LogP contribution in [0, 0.1) is 17.6 Å². The molecule has 11 heteroatoms. The van der Waals surface area contributed by atoms with Gasteiger partial charge in [0.1, 0.15) is 5.82 Å². The van der Waals surface area contributed by atoms with Crippen molar-refractivity contribution in [2.75, 3.05) is 22.9 Å². The topological polar surface area (TPSA) is 117 Å². The molecule has 0 amide bonds. The minimum Gasteiger partial charge on any atom is -0.394 e. The third-order valence-electron chi connectivity index (χ3n) is 4.61. The summed E-state index contributed by atoms with van der Waals surface area (Å²) in [5, 5.41) is 12.6. The van der Waals surface area contributed by atoms with Crippen LogP contribution in [0.4, 0.5) is 20.7 Å². The third kappa shape index (κ3) is 7.66. The van der Waals surface area contributed by atoms with Gasteiger partial charge in [0, 0.05) is 6.42 Å². The molecule has 0 aliphatic rings. The second-order valence-corrected chi connectivity index (χ2v) is 9.63. The van der Waals surface area contributed by atoms with Gasteiger partial charge in [-0.3, -0.25) is 4.72 Å². The average Bonchev–Trinajstić information content (AvgIpc) is 2.66. The molecule has 1 heterocycles. The molecular formula is C20H29F2N5O3S. The van der Waals surface area contributed by atoms with Gasteiger partial charge in [0.2, 0.25) is 21.9 Å². The summed E-state index contributed by atoms with van der Waals surface area (Å²) in [5.74, 6) is -1.89. The molecule has 0 aliphatic heterocycles. The molecule has 1 aromatic carbocycles. The van der Waals surface area contributed by atoms with Crippen molar-refractivity contribution in [2.45, 2.75) is 52.0 Å². The fourth-order valence-electron chi connectivity index (χ4n) is 3.25. The normalized spacial score (nSPS) is 13.8. The van der Waals surface area contributed by atoms with Gasteiger partial charge in [-0.2, -0.15) is 15.0 Å². The van der Waals surface area contributed by atoms with Crippen molar-refractivity contribution in [1.29, 1.82) is 0 Å². The van der Waals surface area contributed by atoms with Crippen LogP contribution in [0.25, 0.3) is 0 Å². The fourth-order valence-corrected chi connectivity index (χ4v) is 3.67. The number of hydrogen-bond donors (Lipinski definition) is 3. The molecule has 0 saturated carbocycles. The number of nitrogens with zero attached hydrogens (tertiary/aromatic N) is 3. The summed E-state index contributed by atoms with van der Waals surface area (Å²) in [7, 11) is -3.65. The van der Waals surface area contributed by atoms with Crippen molar-refractivity contribution < 1.29 is 22.3 Å². The second kappa shape index (κ2) is 10.8. The summed E-state index contributed by atoms with van der Waals surface area (Å²) >= 11 is 0. The molecule has 1 aromatic heterocycles. The van der Waals surface area contributed by atoms with E-state index in [1.165, 1.54) is 12.1 Å². The highest BCUT2D eigenvalue weighted by Crippen LogP contribution is 2.27. The molecule has 0 unspecified atom stereocenters. The van der Waals surface area contributed by atoms with Crippen LogP contribution in [-0.2, 0) is 16.4 Å². The Morgan fingerprint density at radius 3 is 2.39 bits per heavy atom. The lowest BCUT2D eigenvalue weighted by Crippen LogP contribution is -2.27. The Morgan fingerprint density at radius 1 is 1.13 bits per heavy atom. The van der Waals surface area contributed by atoms with E-state index < -0.39 is 27.6 Å². The number of anilines is 2. The lowest BCUT2D eigenvalue weighted by molar-refractivity contribution is 0.259. The molecule has 0 bridgehead atoms. The highest BCUT2D eigenvalue weighted by Gasteiger charge is 2.21. The van der Waals surface area contributed by atoms with Gasteiger partial charge < -0.3 is 10.4 Å². The van der Waals surface area contributed by atoms with Crippen molar-refractivity contribution in [3.63, 3.8) is 0 Å². The molecule has 0 radical (unpaired) electrons. The maximum Gasteiger partial charge on any atom is 0.241 e. The van der Waals surface area contributed by atoms with Crippen molar-refractivity contribution in [3.05, 3.63) is 41.2 Å². The molecule has 172 valence electrons.